The van der Waals surface area contributed by atoms with Crippen molar-refractivity contribution in [2.24, 2.45) is 5.84 Å². The Hall–Kier alpha value is -1.40. The molecule has 2 heterocycles. The number of anilines is 2. The van der Waals surface area contributed by atoms with Crippen molar-refractivity contribution in [1.82, 2.24) is 9.97 Å². The van der Waals surface area contributed by atoms with E-state index < -0.39 is 0 Å². The maximum atomic E-state index is 5.49. The highest BCUT2D eigenvalue weighted by atomic mass is 16.5. The fourth-order valence-electron chi connectivity index (χ4n) is 2.04. The van der Waals surface area contributed by atoms with Crippen LogP contribution < -0.4 is 16.6 Å². The van der Waals surface area contributed by atoms with Crippen LogP contribution in [0.25, 0.3) is 0 Å². The highest BCUT2D eigenvalue weighted by Gasteiger charge is 2.17. The Labute approximate surface area is 107 Å². The van der Waals surface area contributed by atoms with Crippen LogP contribution in [0.3, 0.4) is 0 Å². The lowest BCUT2D eigenvalue weighted by Crippen LogP contribution is -2.29. The second kappa shape index (κ2) is 5.97. The van der Waals surface area contributed by atoms with Gasteiger partial charge in [-0.15, -0.1) is 0 Å². The average Bonchev–Trinajstić information content (AvgIpc) is 2.42. The summed E-state index contributed by atoms with van der Waals surface area (Å²) in [5.74, 6) is 7.85. The number of nitrogens with one attached hydrogen (secondary N) is 2. The largest absolute Gasteiger partial charge is 0.381 e. The molecule has 0 unspecified atom stereocenters. The molecule has 0 radical (unpaired) electrons. The smallest absolute Gasteiger partial charge is 0.148 e. The lowest BCUT2D eigenvalue weighted by atomic mass is 10.1. The van der Waals surface area contributed by atoms with Gasteiger partial charge in [-0.1, -0.05) is 6.92 Å². The van der Waals surface area contributed by atoms with E-state index in [1.54, 1.807) is 0 Å². The SMILES string of the molecule is CCc1nc(NN)c(C)c(NC2CCOCC2)n1. The number of hydrogen-bond donors (Lipinski definition) is 3. The van der Waals surface area contributed by atoms with Gasteiger partial charge in [-0.3, -0.25) is 0 Å². The summed E-state index contributed by atoms with van der Waals surface area (Å²) in [6.07, 6.45) is 2.81. The number of aryl methyl sites for hydroxylation is 1. The average molecular weight is 251 g/mol. The van der Waals surface area contributed by atoms with Crippen molar-refractivity contribution in [3.8, 4) is 0 Å². The van der Waals surface area contributed by atoms with Crippen LogP contribution in [0.2, 0.25) is 0 Å². The van der Waals surface area contributed by atoms with Gasteiger partial charge in [-0.2, -0.15) is 0 Å². The number of hydrazine groups is 1. The van der Waals surface area contributed by atoms with E-state index in [0.29, 0.717) is 11.9 Å². The zero-order valence-electron chi connectivity index (χ0n) is 11.0. The Kier molecular flexibility index (Phi) is 4.33. The molecule has 0 aliphatic carbocycles. The van der Waals surface area contributed by atoms with Crippen LogP contribution in [-0.4, -0.2) is 29.2 Å². The zero-order chi connectivity index (χ0) is 13.0. The van der Waals surface area contributed by atoms with Crippen LogP contribution in [0.1, 0.15) is 31.2 Å². The first-order valence-electron chi connectivity index (χ1n) is 6.43. The van der Waals surface area contributed by atoms with E-state index in [9.17, 15) is 0 Å². The maximum absolute atomic E-state index is 5.49. The highest BCUT2D eigenvalue weighted by molar-refractivity contribution is 5.57. The molecule has 1 aromatic heterocycles. The van der Waals surface area contributed by atoms with Crippen molar-refractivity contribution >= 4 is 11.6 Å². The van der Waals surface area contributed by atoms with Gasteiger partial charge in [0.15, 0.2) is 0 Å². The van der Waals surface area contributed by atoms with E-state index in [1.165, 1.54) is 0 Å². The van der Waals surface area contributed by atoms with Gasteiger partial charge >= 0.3 is 0 Å². The van der Waals surface area contributed by atoms with Gasteiger partial charge in [0.25, 0.3) is 0 Å². The molecular weight excluding hydrogens is 230 g/mol. The molecule has 1 aliphatic heterocycles. The van der Waals surface area contributed by atoms with E-state index in [0.717, 1.165) is 49.7 Å². The third-order valence-electron chi connectivity index (χ3n) is 3.21. The van der Waals surface area contributed by atoms with Crippen LogP contribution >= 0.6 is 0 Å². The number of ether oxygens (including phenoxy) is 1. The molecule has 6 heteroatoms. The third-order valence-corrected chi connectivity index (χ3v) is 3.21. The van der Waals surface area contributed by atoms with Crippen LogP contribution in [0.15, 0.2) is 0 Å². The molecule has 0 saturated carbocycles. The Morgan fingerprint density at radius 3 is 2.56 bits per heavy atom. The standard InChI is InChI=1S/C12H21N5O/c1-3-10-15-11(8(2)12(16-10)17-13)14-9-4-6-18-7-5-9/h9H,3-7,13H2,1-2H3,(H2,14,15,16,17). The fraction of sp³-hybridized carbons (Fsp3) is 0.667. The predicted octanol–water partition coefficient (Wildman–Crippen LogP) is 1.22. The molecule has 0 amide bonds. The molecule has 1 aliphatic rings. The van der Waals surface area contributed by atoms with Crippen molar-refractivity contribution in [2.75, 3.05) is 24.0 Å². The molecule has 1 fully saturated rings. The molecule has 0 atom stereocenters. The molecule has 4 N–H and O–H groups in total. The van der Waals surface area contributed by atoms with Crippen molar-refractivity contribution < 1.29 is 4.74 Å². The first kappa shape index (κ1) is 13.0. The van der Waals surface area contributed by atoms with E-state index in [-0.39, 0.29) is 0 Å². The van der Waals surface area contributed by atoms with Gasteiger partial charge in [0.05, 0.1) is 0 Å². The number of hydrogen-bond acceptors (Lipinski definition) is 6. The summed E-state index contributed by atoms with van der Waals surface area (Å²) in [6.45, 7) is 5.62. The predicted molar refractivity (Wildman–Crippen MR) is 71.4 cm³/mol. The van der Waals surface area contributed by atoms with Crippen molar-refractivity contribution in [1.29, 1.82) is 0 Å². The Morgan fingerprint density at radius 2 is 1.94 bits per heavy atom. The summed E-state index contributed by atoms with van der Waals surface area (Å²) >= 11 is 0. The second-order valence-electron chi connectivity index (χ2n) is 4.49. The first-order chi connectivity index (χ1) is 8.74. The van der Waals surface area contributed by atoms with Gasteiger partial charge in [-0.25, -0.2) is 15.8 Å². The van der Waals surface area contributed by atoms with Crippen molar-refractivity contribution in [2.45, 2.75) is 39.2 Å². The number of rotatable bonds is 4. The minimum atomic E-state index is 0.419. The zero-order valence-corrected chi connectivity index (χ0v) is 11.0. The molecule has 1 aromatic rings. The van der Waals surface area contributed by atoms with E-state index in [1.807, 2.05) is 13.8 Å². The lowest BCUT2D eigenvalue weighted by molar-refractivity contribution is 0.0903. The summed E-state index contributed by atoms with van der Waals surface area (Å²) < 4.78 is 5.35. The summed E-state index contributed by atoms with van der Waals surface area (Å²) in [7, 11) is 0. The normalized spacial score (nSPS) is 16.6. The topological polar surface area (TPSA) is 85.1 Å². The Morgan fingerprint density at radius 1 is 1.28 bits per heavy atom. The van der Waals surface area contributed by atoms with E-state index >= 15 is 0 Å². The molecule has 0 aromatic carbocycles. The van der Waals surface area contributed by atoms with Crippen LogP contribution in [0, 0.1) is 6.92 Å². The quantitative estimate of drug-likeness (QED) is 0.551. The monoisotopic (exact) mass is 251 g/mol. The molecule has 1 saturated heterocycles. The summed E-state index contributed by atoms with van der Waals surface area (Å²) in [4.78, 5) is 8.89. The van der Waals surface area contributed by atoms with Crippen LogP contribution in [0.5, 0.6) is 0 Å². The fourth-order valence-corrected chi connectivity index (χ4v) is 2.04. The minimum absolute atomic E-state index is 0.419. The molecule has 18 heavy (non-hydrogen) atoms. The summed E-state index contributed by atoms with van der Waals surface area (Å²) in [6, 6.07) is 0.419. The lowest BCUT2D eigenvalue weighted by Gasteiger charge is -2.25. The number of nitrogen functional groups attached to an aromatic ring is 1. The van der Waals surface area contributed by atoms with Crippen LogP contribution in [0.4, 0.5) is 11.6 Å². The number of nitrogens with zero attached hydrogens (tertiary/aromatic N) is 2. The van der Waals surface area contributed by atoms with Crippen LogP contribution in [-0.2, 0) is 11.2 Å². The van der Waals surface area contributed by atoms with Gasteiger partial charge in [-0.05, 0) is 19.8 Å². The second-order valence-corrected chi connectivity index (χ2v) is 4.49. The third kappa shape index (κ3) is 2.88. The van der Waals surface area contributed by atoms with Crippen molar-refractivity contribution in [3.05, 3.63) is 11.4 Å². The van der Waals surface area contributed by atoms with Gasteiger partial charge in [0.1, 0.15) is 17.5 Å². The Balaban J connectivity index is 2.19. The first-order valence-corrected chi connectivity index (χ1v) is 6.43. The summed E-state index contributed by atoms with van der Waals surface area (Å²) in [5.41, 5.74) is 3.59. The molecule has 100 valence electrons. The highest BCUT2D eigenvalue weighted by Crippen LogP contribution is 2.22. The van der Waals surface area contributed by atoms with Crippen molar-refractivity contribution in [3.63, 3.8) is 0 Å². The molecule has 6 nitrogen and oxygen atoms in total. The molecular formula is C12H21N5O. The molecule has 0 bridgehead atoms. The number of aromatic nitrogens is 2. The van der Waals surface area contributed by atoms with Gasteiger partial charge in [0.2, 0.25) is 0 Å². The maximum Gasteiger partial charge on any atom is 0.148 e. The Bertz CT molecular complexity index is 404. The summed E-state index contributed by atoms with van der Waals surface area (Å²) in [5, 5.41) is 3.47. The van der Waals surface area contributed by atoms with E-state index in [4.69, 9.17) is 10.6 Å². The van der Waals surface area contributed by atoms with Gasteiger partial charge < -0.3 is 15.5 Å². The minimum Gasteiger partial charge on any atom is -0.381 e. The number of nitrogens with two attached hydrogens (primary N) is 1. The van der Waals surface area contributed by atoms with E-state index in [2.05, 4.69) is 20.7 Å². The molecule has 2 rings (SSSR count). The van der Waals surface area contributed by atoms with Gasteiger partial charge in [0, 0.05) is 31.2 Å². The molecule has 0 spiro atoms.